The van der Waals surface area contributed by atoms with Gasteiger partial charge in [0.1, 0.15) is 5.65 Å². The maximum absolute atomic E-state index is 12.9. The van der Waals surface area contributed by atoms with Crippen LogP contribution in [0.1, 0.15) is 29.7 Å². The summed E-state index contributed by atoms with van der Waals surface area (Å²) in [5.74, 6) is 0.0430. The van der Waals surface area contributed by atoms with E-state index in [2.05, 4.69) is 66.6 Å². The summed E-state index contributed by atoms with van der Waals surface area (Å²) in [6.07, 6.45) is 7.68. The molecular formula is C25H30N4O. The van der Waals surface area contributed by atoms with Crippen molar-refractivity contribution >= 4 is 17.6 Å². The minimum atomic E-state index is 0.0430. The summed E-state index contributed by atoms with van der Waals surface area (Å²) in [5.41, 5.74) is 6.14. The number of rotatable bonds is 4. The van der Waals surface area contributed by atoms with Gasteiger partial charge in [0.25, 0.3) is 0 Å². The second-order valence-electron chi connectivity index (χ2n) is 8.46. The van der Waals surface area contributed by atoms with Crippen molar-refractivity contribution in [3.8, 4) is 11.3 Å². The van der Waals surface area contributed by atoms with Gasteiger partial charge in [-0.3, -0.25) is 9.20 Å². The molecule has 30 heavy (non-hydrogen) atoms. The van der Waals surface area contributed by atoms with Crippen LogP contribution in [0.15, 0.2) is 48.7 Å². The van der Waals surface area contributed by atoms with Gasteiger partial charge in [-0.2, -0.15) is 0 Å². The number of imidazole rings is 1. The fraction of sp³-hybridized carbons (Fsp3) is 0.360. The Bertz CT molecular complexity index is 1070. The van der Waals surface area contributed by atoms with E-state index < -0.39 is 0 Å². The van der Waals surface area contributed by atoms with Gasteiger partial charge < -0.3 is 9.80 Å². The molecule has 3 aromatic rings. The van der Waals surface area contributed by atoms with Crippen LogP contribution < -0.4 is 0 Å². The summed E-state index contributed by atoms with van der Waals surface area (Å²) >= 11 is 0. The van der Waals surface area contributed by atoms with Crippen LogP contribution >= 0.6 is 0 Å². The predicted octanol–water partition coefficient (Wildman–Crippen LogP) is 4.18. The average molecular weight is 403 g/mol. The summed E-state index contributed by atoms with van der Waals surface area (Å²) < 4.78 is 2.06. The molecule has 156 valence electrons. The number of aromatic nitrogens is 2. The van der Waals surface area contributed by atoms with Gasteiger partial charge in [-0.25, -0.2) is 4.98 Å². The zero-order valence-electron chi connectivity index (χ0n) is 18.3. The van der Waals surface area contributed by atoms with Gasteiger partial charge in [-0.15, -0.1) is 0 Å². The molecule has 0 bridgehead atoms. The standard InChI is InChI=1S/C25H30N4O/c1-18-5-7-20(8-6-18)25-22(29-16-11-19(2)17-23(29)26-25)9-10-24(30)28(4)21-12-14-27(3)15-13-21/h5-11,16-17,21H,12-15H2,1-4H3/b10-9+. The Morgan fingerprint density at radius 1 is 1.10 bits per heavy atom. The molecule has 0 atom stereocenters. The zero-order chi connectivity index (χ0) is 21.3. The number of aryl methyl sites for hydroxylation is 2. The van der Waals surface area contributed by atoms with E-state index in [9.17, 15) is 4.79 Å². The molecule has 1 fully saturated rings. The second kappa shape index (κ2) is 8.44. The number of amides is 1. The topological polar surface area (TPSA) is 40.9 Å². The van der Waals surface area contributed by atoms with Gasteiger partial charge in [0, 0.05) is 30.9 Å². The third-order valence-corrected chi connectivity index (χ3v) is 6.11. The molecule has 1 amide bonds. The molecule has 0 spiro atoms. The Morgan fingerprint density at radius 3 is 2.50 bits per heavy atom. The van der Waals surface area contributed by atoms with E-state index in [4.69, 9.17) is 4.98 Å². The number of likely N-dealkylation sites (tertiary alicyclic amines) is 1. The molecule has 5 heteroatoms. The number of carbonyl (C=O) groups excluding carboxylic acids is 1. The zero-order valence-corrected chi connectivity index (χ0v) is 18.3. The highest BCUT2D eigenvalue weighted by Crippen LogP contribution is 2.26. The first-order chi connectivity index (χ1) is 14.4. The molecule has 1 aliphatic heterocycles. The van der Waals surface area contributed by atoms with Gasteiger partial charge in [0.05, 0.1) is 11.4 Å². The number of carbonyl (C=O) groups is 1. The lowest BCUT2D eigenvalue weighted by Crippen LogP contribution is -2.43. The van der Waals surface area contributed by atoms with E-state index in [-0.39, 0.29) is 5.91 Å². The summed E-state index contributed by atoms with van der Waals surface area (Å²) in [5, 5.41) is 0. The molecular weight excluding hydrogens is 372 g/mol. The Kier molecular flexibility index (Phi) is 5.73. The molecule has 3 heterocycles. The highest BCUT2D eigenvalue weighted by atomic mass is 16.2. The third kappa shape index (κ3) is 4.17. The highest BCUT2D eigenvalue weighted by Gasteiger charge is 2.23. The van der Waals surface area contributed by atoms with Gasteiger partial charge >= 0.3 is 0 Å². The quantitative estimate of drug-likeness (QED) is 0.615. The number of hydrogen-bond acceptors (Lipinski definition) is 3. The number of fused-ring (bicyclic) bond motifs is 1. The summed E-state index contributed by atoms with van der Waals surface area (Å²) in [6, 6.07) is 12.8. The molecule has 0 radical (unpaired) electrons. The molecule has 1 aliphatic rings. The van der Waals surface area contributed by atoms with Crippen molar-refractivity contribution in [2.24, 2.45) is 0 Å². The SMILES string of the molecule is Cc1ccc(-c2nc3cc(C)ccn3c2/C=C/C(=O)N(C)C2CCN(C)CC2)cc1. The van der Waals surface area contributed by atoms with E-state index in [0.717, 1.165) is 54.1 Å². The maximum atomic E-state index is 12.9. The van der Waals surface area contributed by atoms with Crippen LogP contribution in [0.2, 0.25) is 0 Å². The normalized spacial score (nSPS) is 15.9. The Morgan fingerprint density at radius 2 is 1.80 bits per heavy atom. The predicted molar refractivity (Wildman–Crippen MR) is 122 cm³/mol. The van der Waals surface area contributed by atoms with Crippen LogP contribution in [0.25, 0.3) is 23.0 Å². The first kappa shape index (κ1) is 20.4. The molecule has 1 aromatic carbocycles. The van der Waals surface area contributed by atoms with Gasteiger partial charge in [-0.05, 0) is 70.6 Å². The van der Waals surface area contributed by atoms with E-state index in [0.29, 0.717) is 6.04 Å². The Balaban J connectivity index is 1.66. The van der Waals surface area contributed by atoms with Crippen LogP contribution in [0.3, 0.4) is 0 Å². The minimum Gasteiger partial charge on any atom is -0.339 e. The first-order valence-electron chi connectivity index (χ1n) is 10.6. The molecule has 0 N–H and O–H groups in total. The van der Waals surface area contributed by atoms with Crippen LogP contribution in [0, 0.1) is 13.8 Å². The van der Waals surface area contributed by atoms with Crippen molar-refractivity contribution in [2.75, 3.05) is 27.2 Å². The summed E-state index contributed by atoms with van der Waals surface area (Å²) in [4.78, 5) is 22.0. The second-order valence-corrected chi connectivity index (χ2v) is 8.46. The van der Waals surface area contributed by atoms with Crippen LogP contribution in [-0.4, -0.2) is 58.3 Å². The molecule has 0 aliphatic carbocycles. The lowest BCUT2D eigenvalue weighted by Gasteiger charge is -2.34. The van der Waals surface area contributed by atoms with Crippen molar-refractivity contribution in [3.05, 3.63) is 65.5 Å². The van der Waals surface area contributed by atoms with Gasteiger partial charge in [0.15, 0.2) is 0 Å². The minimum absolute atomic E-state index is 0.0430. The van der Waals surface area contributed by atoms with Gasteiger partial charge in [0.2, 0.25) is 5.91 Å². The number of piperidine rings is 1. The third-order valence-electron chi connectivity index (χ3n) is 6.11. The van der Waals surface area contributed by atoms with E-state index in [1.54, 1.807) is 6.08 Å². The fourth-order valence-electron chi connectivity index (χ4n) is 4.08. The molecule has 1 saturated heterocycles. The molecule has 0 unspecified atom stereocenters. The molecule has 2 aromatic heterocycles. The lowest BCUT2D eigenvalue weighted by molar-refractivity contribution is -0.127. The van der Waals surface area contributed by atoms with Crippen molar-refractivity contribution < 1.29 is 4.79 Å². The number of nitrogens with zero attached hydrogens (tertiary/aromatic N) is 4. The first-order valence-corrected chi connectivity index (χ1v) is 10.6. The highest BCUT2D eigenvalue weighted by molar-refractivity contribution is 5.93. The number of benzene rings is 1. The number of hydrogen-bond donors (Lipinski definition) is 0. The fourth-order valence-corrected chi connectivity index (χ4v) is 4.08. The van der Waals surface area contributed by atoms with Crippen molar-refractivity contribution in [2.45, 2.75) is 32.7 Å². The monoisotopic (exact) mass is 402 g/mol. The largest absolute Gasteiger partial charge is 0.339 e. The molecule has 4 rings (SSSR count). The van der Waals surface area contributed by atoms with Crippen LogP contribution in [0.5, 0.6) is 0 Å². The Hall–Kier alpha value is -2.92. The average Bonchev–Trinajstić information content (AvgIpc) is 3.10. The van der Waals surface area contributed by atoms with E-state index in [1.165, 1.54) is 5.56 Å². The lowest BCUT2D eigenvalue weighted by atomic mass is 10.0. The van der Waals surface area contributed by atoms with Crippen molar-refractivity contribution in [3.63, 3.8) is 0 Å². The smallest absolute Gasteiger partial charge is 0.246 e. The van der Waals surface area contributed by atoms with Gasteiger partial charge in [-0.1, -0.05) is 29.8 Å². The van der Waals surface area contributed by atoms with E-state index >= 15 is 0 Å². The van der Waals surface area contributed by atoms with Crippen LogP contribution in [0.4, 0.5) is 0 Å². The molecule has 0 saturated carbocycles. The number of pyridine rings is 1. The molecule has 5 nitrogen and oxygen atoms in total. The van der Waals surface area contributed by atoms with Crippen LogP contribution in [-0.2, 0) is 4.79 Å². The van der Waals surface area contributed by atoms with Crippen molar-refractivity contribution in [1.29, 1.82) is 0 Å². The Labute approximate surface area is 178 Å². The summed E-state index contributed by atoms with van der Waals surface area (Å²) in [7, 11) is 4.05. The summed E-state index contributed by atoms with van der Waals surface area (Å²) in [6.45, 7) is 6.22. The van der Waals surface area contributed by atoms with E-state index in [1.807, 2.05) is 24.2 Å². The van der Waals surface area contributed by atoms with Crippen molar-refractivity contribution in [1.82, 2.24) is 19.2 Å². The number of likely N-dealkylation sites (N-methyl/N-ethyl adjacent to an activating group) is 1. The maximum Gasteiger partial charge on any atom is 0.246 e.